The Bertz CT molecular complexity index is 905. The molecule has 3 rings (SSSR count). The van der Waals surface area contributed by atoms with E-state index in [0.29, 0.717) is 28.4 Å². The molecule has 0 bridgehead atoms. The molecule has 1 aromatic heterocycles. The van der Waals surface area contributed by atoms with E-state index in [4.69, 9.17) is 0 Å². The fraction of sp³-hybridized carbons (Fsp3) is 0.235. The Morgan fingerprint density at radius 3 is 2.64 bits per heavy atom. The summed E-state index contributed by atoms with van der Waals surface area (Å²) in [7, 11) is 3.87. The minimum absolute atomic E-state index is 0.0895. The number of fused-ring (bicyclic) bond motifs is 1. The van der Waals surface area contributed by atoms with Crippen molar-refractivity contribution < 1.29 is 28.9 Å². The van der Waals surface area contributed by atoms with Crippen LogP contribution < -0.4 is 9.80 Å². The lowest BCUT2D eigenvalue weighted by molar-refractivity contribution is -0.786. The Kier molecular flexibility index (Phi) is 4.51. The third kappa shape index (κ3) is 2.99. The highest BCUT2D eigenvalue weighted by Crippen LogP contribution is 2.31. The zero-order chi connectivity index (χ0) is 18.3. The molecule has 2 heterocycles. The zero-order valence-corrected chi connectivity index (χ0v) is 14.8. The predicted octanol–water partition coefficient (Wildman–Crippen LogP) is 0.426. The molecule has 25 heavy (non-hydrogen) atoms. The summed E-state index contributed by atoms with van der Waals surface area (Å²) < 4.78 is 14.6. The summed E-state index contributed by atoms with van der Waals surface area (Å²) in [5.74, 6) is -2.55. The molecular weight excluding hydrogens is 345 g/mol. The van der Waals surface area contributed by atoms with E-state index in [0.717, 1.165) is 16.1 Å². The molecule has 0 spiro atoms. The summed E-state index contributed by atoms with van der Waals surface area (Å²) in [5, 5.41) is 11.8. The number of benzene rings is 1. The maximum atomic E-state index is 14.6. The first kappa shape index (κ1) is 17.4. The molecule has 8 heteroatoms. The molecule has 0 saturated carbocycles. The molecule has 0 saturated heterocycles. The van der Waals surface area contributed by atoms with Crippen LogP contribution in [-0.2, 0) is 4.79 Å². The standard InChI is InChI=1S/C17H16FN3O3S/c1-4-21-7-11(16(23)24)15(22)10-5-12(18)9(6-14(10)21)13-8-25-17(19-13)20(2)3/h5-8H,4H2,1-3H3,(H,23,24)/p+2. The van der Waals surface area contributed by atoms with E-state index in [1.165, 1.54) is 17.5 Å². The second-order valence-corrected chi connectivity index (χ2v) is 6.84. The second-order valence-electron chi connectivity index (χ2n) is 5.99. The minimum atomic E-state index is -1.30. The number of halogens is 1. The van der Waals surface area contributed by atoms with Gasteiger partial charge >= 0.3 is 5.97 Å². The maximum absolute atomic E-state index is 14.6. The summed E-state index contributed by atoms with van der Waals surface area (Å²) in [6, 6.07) is 2.72. The minimum Gasteiger partial charge on any atom is -0.477 e. The number of nitrogens with one attached hydrogen (secondary N) is 2. The highest BCUT2D eigenvalue weighted by atomic mass is 32.1. The van der Waals surface area contributed by atoms with Crippen molar-refractivity contribution in [3.8, 4) is 11.3 Å². The predicted molar refractivity (Wildman–Crippen MR) is 91.2 cm³/mol. The van der Waals surface area contributed by atoms with Gasteiger partial charge in [0.05, 0.1) is 31.9 Å². The van der Waals surface area contributed by atoms with Crippen molar-refractivity contribution in [1.82, 2.24) is 4.98 Å². The van der Waals surface area contributed by atoms with Crippen molar-refractivity contribution in [2.24, 2.45) is 0 Å². The number of carboxylic acid groups (broad SMARTS) is 1. The lowest BCUT2D eigenvalue weighted by atomic mass is 9.95. The summed E-state index contributed by atoms with van der Waals surface area (Å²) in [5.41, 5.74) is 1.15. The Balaban J connectivity index is 2.14. The number of carbonyl (C=O) groups is 2. The number of quaternary nitrogens is 2. The topological polar surface area (TPSA) is 76.1 Å². The molecule has 130 valence electrons. The summed E-state index contributed by atoms with van der Waals surface area (Å²) in [6.07, 6.45) is 1.38. The third-order valence-corrected chi connectivity index (χ3v) is 5.14. The van der Waals surface area contributed by atoms with Crippen LogP contribution >= 0.6 is 11.3 Å². The molecule has 1 unspecified atom stereocenters. The van der Waals surface area contributed by atoms with E-state index >= 15 is 0 Å². The van der Waals surface area contributed by atoms with Crippen LogP contribution in [-0.4, -0.2) is 42.5 Å². The molecule has 6 nitrogen and oxygen atoms in total. The zero-order valence-electron chi connectivity index (χ0n) is 14.0. The van der Waals surface area contributed by atoms with E-state index in [1.54, 1.807) is 11.4 Å². The number of hydrogen-bond acceptors (Lipinski definition) is 4. The van der Waals surface area contributed by atoms with Crippen LogP contribution in [0.2, 0.25) is 0 Å². The molecule has 1 aliphatic heterocycles. The van der Waals surface area contributed by atoms with Crippen LogP contribution in [0, 0.1) is 5.82 Å². The van der Waals surface area contributed by atoms with Gasteiger partial charge in [-0.05, 0) is 13.0 Å². The SMILES string of the molecule is CC[NH+]1C=C(C(=O)O)C(=O)c2cc(F)c(-c3csc([NH+](C)C)n3)cc21. The summed E-state index contributed by atoms with van der Waals surface area (Å²) in [4.78, 5) is 29.8. The molecule has 0 aliphatic carbocycles. The number of hydrogen-bond donors (Lipinski definition) is 3. The van der Waals surface area contributed by atoms with Gasteiger partial charge in [0.15, 0.2) is 5.57 Å². The normalized spacial score (nSPS) is 16.8. The lowest BCUT2D eigenvalue weighted by Crippen LogP contribution is -3.03. The number of carboxylic acids is 1. The first-order valence-corrected chi connectivity index (χ1v) is 8.67. The van der Waals surface area contributed by atoms with Gasteiger partial charge in [0, 0.05) is 17.0 Å². The Labute approximate surface area is 147 Å². The number of carbonyl (C=O) groups excluding carboxylic acids is 1. The van der Waals surface area contributed by atoms with Crippen LogP contribution in [0.1, 0.15) is 17.3 Å². The highest BCUT2D eigenvalue weighted by Gasteiger charge is 2.34. The summed E-state index contributed by atoms with van der Waals surface area (Å²) in [6.45, 7) is 2.40. The number of aliphatic carboxylic acids is 1. The lowest BCUT2D eigenvalue weighted by Gasteiger charge is -2.21. The molecular formula is C17H18FN3O3S+2. The van der Waals surface area contributed by atoms with Crippen LogP contribution in [0.15, 0.2) is 29.3 Å². The van der Waals surface area contributed by atoms with Gasteiger partial charge in [0.2, 0.25) is 5.78 Å². The Hall–Kier alpha value is -2.42. The maximum Gasteiger partial charge on any atom is 0.345 e. The quantitative estimate of drug-likeness (QED) is 0.689. The smallest absolute Gasteiger partial charge is 0.345 e. The number of nitrogens with zero attached hydrogens (tertiary/aromatic N) is 1. The molecule has 1 aromatic carbocycles. The molecule has 1 aliphatic rings. The first-order chi connectivity index (χ1) is 11.8. The van der Waals surface area contributed by atoms with Gasteiger partial charge in [0.25, 0.3) is 5.13 Å². The van der Waals surface area contributed by atoms with E-state index in [2.05, 4.69) is 4.98 Å². The first-order valence-electron chi connectivity index (χ1n) is 7.79. The molecule has 0 amide bonds. The monoisotopic (exact) mass is 363 g/mol. The van der Waals surface area contributed by atoms with Gasteiger partial charge in [-0.15, -0.1) is 0 Å². The molecule has 1 atom stereocenters. The fourth-order valence-corrected chi connectivity index (χ4v) is 3.55. The van der Waals surface area contributed by atoms with Crippen molar-refractivity contribution in [2.75, 3.05) is 20.6 Å². The van der Waals surface area contributed by atoms with Crippen molar-refractivity contribution in [2.45, 2.75) is 6.92 Å². The number of ketones is 1. The second kappa shape index (κ2) is 6.47. The van der Waals surface area contributed by atoms with Gasteiger partial charge in [-0.2, -0.15) is 4.98 Å². The van der Waals surface area contributed by atoms with Crippen LogP contribution in [0.4, 0.5) is 15.2 Å². The average Bonchev–Trinajstić information content (AvgIpc) is 3.05. The third-order valence-electron chi connectivity index (χ3n) is 4.08. The molecule has 0 radical (unpaired) electrons. The van der Waals surface area contributed by atoms with Crippen molar-refractivity contribution in [1.29, 1.82) is 0 Å². The van der Waals surface area contributed by atoms with Crippen LogP contribution in [0.5, 0.6) is 0 Å². The Morgan fingerprint density at radius 1 is 1.36 bits per heavy atom. The van der Waals surface area contributed by atoms with Gasteiger partial charge in [-0.1, -0.05) is 11.3 Å². The number of aromatic nitrogens is 1. The van der Waals surface area contributed by atoms with Crippen LogP contribution in [0.25, 0.3) is 11.3 Å². The molecule has 0 fully saturated rings. The number of rotatable bonds is 4. The highest BCUT2D eigenvalue weighted by molar-refractivity contribution is 7.13. The van der Waals surface area contributed by atoms with Gasteiger partial charge in [0.1, 0.15) is 17.7 Å². The Morgan fingerprint density at radius 2 is 2.08 bits per heavy atom. The fourth-order valence-electron chi connectivity index (χ4n) is 2.76. The molecule has 2 aromatic rings. The number of Topliss-reactive ketones (excluding diaryl/α,β-unsaturated/α-hetero) is 1. The van der Waals surface area contributed by atoms with Crippen molar-refractivity contribution in [3.63, 3.8) is 0 Å². The van der Waals surface area contributed by atoms with E-state index in [9.17, 15) is 19.1 Å². The van der Waals surface area contributed by atoms with Crippen molar-refractivity contribution >= 4 is 33.9 Å². The van der Waals surface area contributed by atoms with Gasteiger partial charge in [-0.3, -0.25) is 14.6 Å². The molecule has 3 N–H and O–H groups in total. The average molecular weight is 363 g/mol. The van der Waals surface area contributed by atoms with E-state index in [-0.39, 0.29) is 11.1 Å². The summed E-state index contributed by atoms with van der Waals surface area (Å²) >= 11 is 1.43. The van der Waals surface area contributed by atoms with Gasteiger partial charge < -0.3 is 5.11 Å². The van der Waals surface area contributed by atoms with E-state index in [1.807, 2.05) is 21.0 Å². The van der Waals surface area contributed by atoms with Gasteiger partial charge in [-0.25, -0.2) is 9.18 Å². The van der Waals surface area contributed by atoms with E-state index < -0.39 is 17.6 Å². The number of thiazole rings is 1. The van der Waals surface area contributed by atoms with Crippen molar-refractivity contribution in [3.05, 3.63) is 40.7 Å². The van der Waals surface area contributed by atoms with Crippen LogP contribution in [0.3, 0.4) is 0 Å². The largest absolute Gasteiger partial charge is 0.477 e.